The van der Waals surface area contributed by atoms with Gasteiger partial charge in [0, 0.05) is 37.0 Å². The monoisotopic (exact) mass is 300 g/mol. The molecule has 4 rings (SSSR count). The minimum Gasteiger partial charge on any atom is -0.386 e. The Hall–Kier alpha value is -2.02. The zero-order valence-electron chi connectivity index (χ0n) is 12.7. The van der Waals surface area contributed by atoms with Gasteiger partial charge in [-0.1, -0.05) is 5.21 Å². The van der Waals surface area contributed by atoms with E-state index < -0.39 is 5.60 Å². The van der Waals surface area contributed by atoms with Crippen LogP contribution in [0.2, 0.25) is 0 Å². The summed E-state index contributed by atoms with van der Waals surface area (Å²) < 4.78 is 1.68. The van der Waals surface area contributed by atoms with Crippen LogP contribution in [-0.2, 0) is 6.54 Å². The molecule has 1 unspecified atom stereocenters. The van der Waals surface area contributed by atoms with Crippen molar-refractivity contribution in [3.63, 3.8) is 0 Å². The number of rotatable bonds is 4. The Morgan fingerprint density at radius 3 is 2.95 bits per heavy atom. The van der Waals surface area contributed by atoms with E-state index in [-0.39, 0.29) is 0 Å². The molecule has 1 saturated heterocycles. The SMILES string of the molecule is Cc1cc(N2CCC(O)(Cn3ccnn3)C2)nc(C2CC2)n1. The molecule has 0 aromatic carbocycles. The first-order valence-electron chi connectivity index (χ1n) is 7.78. The van der Waals surface area contributed by atoms with Crippen LogP contribution in [0.25, 0.3) is 0 Å². The highest BCUT2D eigenvalue weighted by atomic mass is 16.3. The topological polar surface area (TPSA) is 80.0 Å². The van der Waals surface area contributed by atoms with E-state index in [1.54, 1.807) is 17.1 Å². The van der Waals surface area contributed by atoms with Gasteiger partial charge < -0.3 is 10.0 Å². The van der Waals surface area contributed by atoms with Crippen LogP contribution >= 0.6 is 0 Å². The maximum Gasteiger partial charge on any atom is 0.134 e. The van der Waals surface area contributed by atoms with Gasteiger partial charge in [-0.2, -0.15) is 0 Å². The van der Waals surface area contributed by atoms with Gasteiger partial charge in [0.15, 0.2) is 0 Å². The van der Waals surface area contributed by atoms with E-state index in [1.165, 1.54) is 12.8 Å². The van der Waals surface area contributed by atoms with Gasteiger partial charge >= 0.3 is 0 Å². The lowest BCUT2D eigenvalue weighted by Gasteiger charge is -2.24. The summed E-state index contributed by atoms with van der Waals surface area (Å²) in [5.74, 6) is 2.43. The fraction of sp³-hybridized carbons (Fsp3) is 0.600. The summed E-state index contributed by atoms with van der Waals surface area (Å²) in [5, 5.41) is 18.5. The first-order valence-corrected chi connectivity index (χ1v) is 7.78. The van der Waals surface area contributed by atoms with Crippen LogP contribution in [0.3, 0.4) is 0 Å². The third-order valence-corrected chi connectivity index (χ3v) is 4.38. The first-order chi connectivity index (χ1) is 10.6. The van der Waals surface area contributed by atoms with E-state index in [4.69, 9.17) is 4.98 Å². The van der Waals surface area contributed by atoms with Crippen LogP contribution in [0.4, 0.5) is 5.82 Å². The molecule has 0 amide bonds. The summed E-state index contributed by atoms with van der Waals surface area (Å²) >= 11 is 0. The van der Waals surface area contributed by atoms with Gasteiger partial charge in [0.25, 0.3) is 0 Å². The Balaban J connectivity index is 1.52. The van der Waals surface area contributed by atoms with Crippen molar-refractivity contribution >= 4 is 5.82 Å². The van der Waals surface area contributed by atoms with Crippen molar-refractivity contribution in [1.29, 1.82) is 0 Å². The van der Waals surface area contributed by atoms with Gasteiger partial charge in [-0.3, -0.25) is 0 Å². The molecule has 2 aromatic heterocycles. The van der Waals surface area contributed by atoms with Crippen molar-refractivity contribution in [2.24, 2.45) is 0 Å². The van der Waals surface area contributed by atoms with Gasteiger partial charge in [-0.05, 0) is 26.2 Å². The second-order valence-electron chi connectivity index (χ2n) is 6.50. The van der Waals surface area contributed by atoms with Crippen molar-refractivity contribution in [1.82, 2.24) is 25.0 Å². The highest BCUT2D eigenvalue weighted by molar-refractivity contribution is 5.42. The lowest BCUT2D eigenvalue weighted by Crippen LogP contribution is -2.38. The number of β-amino-alcohol motifs (C(OH)–C–C–N with tert-alkyl or cyclic N) is 1. The second kappa shape index (κ2) is 5.01. The predicted molar refractivity (Wildman–Crippen MR) is 80.5 cm³/mol. The maximum absolute atomic E-state index is 10.8. The zero-order chi connectivity index (χ0) is 15.2. The number of hydrogen-bond donors (Lipinski definition) is 1. The molecule has 1 aliphatic heterocycles. The van der Waals surface area contributed by atoms with Crippen molar-refractivity contribution in [2.45, 2.75) is 44.2 Å². The van der Waals surface area contributed by atoms with E-state index in [1.807, 2.05) is 13.0 Å². The molecule has 2 aromatic rings. The molecule has 3 heterocycles. The van der Waals surface area contributed by atoms with E-state index in [2.05, 4.69) is 20.2 Å². The fourth-order valence-corrected chi connectivity index (χ4v) is 3.06. The van der Waals surface area contributed by atoms with Gasteiger partial charge in [-0.25, -0.2) is 14.6 Å². The number of anilines is 1. The summed E-state index contributed by atoms with van der Waals surface area (Å²) in [4.78, 5) is 11.4. The Labute approximate surface area is 129 Å². The number of nitrogens with zero attached hydrogens (tertiary/aromatic N) is 6. The lowest BCUT2D eigenvalue weighted by molar-refractivity contribution is 0.0408. The maximum atomic E-state index is 10.8. The molecule has 2 aliphatic rings. The molecule has 0 bridgehead atoms. The molecule has 0 spiro atoms. The van der Waals surface area contributed by atoms with E-state index in [0.29, 0.717) is 25.4 Å². The highest BCUT2D eigenvalue weighted by Gasteiger charge is 2.38. The highest BCUT2D eigenvalue weighted by Crippen LogP contribution is 2.39. The number of aliphatic hydroxyl groups is 1. The Bertz CT molecular complexity index is 669. The van der Waals surface area contributed by atoms with Crippen LogP contribution in [0.1, 0.15) is 36.7 Å². The predicted octanol–water partition coefficient (Wildman–Crippen LogP) is 0.895. The Morgan fingerprint density at radius 1 is 1.36 bits per heavy atom. The largest absolute Gasteiger partial charge is 0.386 e. The molecule has 1 atom stereocenters. The normalized spacial score (nSPS) is 24.9. The van der Waals surface area contributed by atoms with E-state index >= 15 is 0 Å². The van der Waals surface area contributed by atoms with Crippen LogP contribution in [-0.4, -0.2) is 48.8 Å². The minimum atomic E-state index is -0.785. The molecular formula is C15H20N6O. The molecule has 116 valence electrons. The van der Waals surface area contributed by atoms with Crippen molar-refractivity contribution in [2.75, 3.05) is 18.0 Å². The summed E-state index contributed by atoms with van der Waals surface area (Å²) in [6.45, 7) is 3.83. The number of aryl methyl sites for hydroxylation is 1. The molecule has 22 heavy (non-hydrogen) atoms. The number of hydrogen-bond acceptors (Lipinski definition) is 6. The zero-order valence-corrected chi connectivity index (χ0v) is 12.7. The lowest BCUT2D eigenvalue weighted by atomic mass is 10.0. The molecule has 7 nitrogen and oxygen atoms in total. The van der Waals surface area contributed by atoms with Crippen LogP contribution < -0.4 is 4.90 Å². The molecule has 7 heteroatoms. The second-order valence-corrected chi connectivity index (χ2v) is 6.50. The molecule has 1 saturated carbocycles. The summed E-state index contributed by atoms with van der Waals surface area (Å²) in [5.41, 5.74) is 0.213. The third kappa shape index (κ3) is 2.68. The third-order valence-electron chi connectivity index (χ3n) is 4.38. The molecule has 1 N–H and O–H groups in total. The van der Waals surface area contributed by atoms with E-state index in [0.717, 1.165) is 23.9 Å². The smallest absolute Gasteiger partial charge is 0.134 e. The molecule has 1 aliphatic carbocycles. The Morgan fingerprint density at radius 2 is 2.23 bits per heavy atom. The quantitative estimate of drug-likeness (QED) is 0.903. The average Bonchev–Trinajstić information content (AvgIpc) is 3.09. The Kier molecular flexibility index (Phi) is 3.11. The summed E-state index contributed by atoms with van der Waals surface area (Å²) in [6.07, 6.45) is 6.50. The summed E-state index contributed by atoms with van der Waals surface area (Å²) in [6, 6.07) is 2.01. The van der Waals surface area contributed by atoms with Gasteiger partial charge in [-0.15, -0.1) is 5.10 Å². The summed E-state index contributed by atoms with van der Waals surface area (Å²) in [7, 11) is 0. The molecule has 2 fully saturated rings. The fourth-order valence-electron chi connectivity index (χ4n) is 3.06. The van der Waals surface area contributed by atoms with Gasteiger partial charge in [0.1, 0.15) is 17.2 Å². The minimum absolute atomic E-state index is 0.461. The van der Waals surface area contributed by atoms with Crippen LogP contribution in [0.15, 0.2) is 18.5 Å². The van der Waals surface area contributed by atoms with Crippen molar-refractivity contribution < 1.29 is 5.11 Å². The average molecular weight is 300 g/mol. The van der Waals surface area contributed by atoms with Crippen LogP contribution in [0.5, 0.6) is 0 Å². The van der Waals surface area contributed by atoms with Gasteiger partial charge in [0.05, 0.1) is 12.7 Å². The first kappa shape index (κ1) is 13.6. The van der Waals surface area contributed by atoms with Crippen molar-refractivity contribution in [3.05, 3.63) is 30.0 Å². The standard InChI is InChI=1S/C15H20N6O/c1-11-8-13(18-14(17-11)12-2-3-12)20-6-4-15(22,9-20)10-21-7-5-16-19-21/h5,7-8,12,22H,2-4,6,9-10H2,1H3. The van der Waals surface area contributed by atoms with Gasteiger partial charge in [0.2, 0.25) is 0 Å². The van der Waals surface area contributed by atoms with Crippen LogP contribution in [0, 0.1) is 6.92 Å². The number of aromatic nitrogens is 5. The molecule has 0 radical (unpaired) electrons. The van der Waals surface area contributed by atoms with E-state index in [9.17, 15) is 5.11 Å². The van der Waals surface area contributed by atoms with Crippen molar-refractivity contribution in [3.8, 4) is 0 Å². The molecular weight excluding hydrogens is 280 g/mol.